The zero-order valence-corrected chi connectivity index (χ0v) is 12.2. The SMILES string of the molecule is CCN(C(=O)c1ccccc1I)c1ccncc1. The molecule has 92 valence electrons. The number of hydrogen-bond acceptors (Lipinski definition) is 2. The molecule has 0 aliphatic heterocycles. The van der Waals surface area contributed by atoms with Crippen LogP contribution in [0.15, 0.2) is 48.8 Å². The molecule has 0 saturated carbocycles. The number of aromatic nitrogens is 1. The van der Waals surface area contributed by atoms with Gasteiger partial charge in [0, 0.05) is 28.2 Å². The molecule has 4 heteroatoms. The van der Waals surface area contributed by atoms with Crippen molar-refractivity contribution >= 4 is 34.2 Å². The second-order valence-electron chi connectivity index (χ2n) is 3.73. The highest BCUT2D eigenvalue weighted by atomic mass is 127. The molecule has 2 rings (SSSR count). The molecule has 0 radical (unpaired) electrons. The number of benzene rings is 1. The smallest absolute Gasteiger partial charge is 0.259 e. The predicted octanol–water partition coefficient (Wildman–Crippen LogP) is 3.35. The van der Waals surface area contributed by atoms with Gasteiger partial charge in [-0.2, -0.15) is 0 Å². The van der Waals surface area contributed by atoms with E-state index < -0.39 is 0 Å². The molecule has 0 saturated heterocycles. The van der Waals surface area contributed by atoms with Gasteiger partial charge in [0.15, 0.2) is 0 Å². The van der Waals surface area contributed by atoms with Crippen LogP contribution in [0.5, 0.6) is 0 Å². The standard InChI is InChI=1S/C14H13IN2O/c1-2-17(11-7-9-16-10-8-11)14(18)12-5-3-4-6-13(12)15/h3-10H,2H2,1H3. The normalized spacial score (nSPS) is 10.1. The summed E-state index contributed by atoms with van der Waals surface area (Å²) in [6.07, 6.45) is 3.39. The van der Waals surface area contributed by atoms with Crippen molar-refractivity contribution in [1.82, 2.24) is 4.98 Å². The Morgan fingerprint density at radius 1 is 1.22 bits per heavy atom. The molecule has 0 fully saturated rings. The van der Waals surface area contributed by atoms with E-state index in [1.807, 2.05) is 43.3 Å². The molecule has 3 nitrogen and oxygen atoms in total. The largest absolute Gasteiger partial charge is 0.309 e. The molecular weight excluding hydrogens is 339 g/mol. The first-order valence-corrected chi connectivity index (χ1v) is 6.78. The first-order valence-electron chi connectivity index (χ1n) is 5.70. The third kappa shape index (κ3) is 2.69. The van der Waals surface area contributed by atoms with Gasteiger partial charge < -0.3 is 4.90 Å². The lowest BCUT2D eigenvalue weighted by atomic mass is 10.2. The Morgan fingerprint density at radius 2 is 1.89 bits per heavy atom. The van der Waals surface area contributed by atoms with Gasteiger partial charge in [-0.05, 0) is 53.8 Å². The summed E-state index contributed by atoms with van der Waals surface area (Å²) in [7, 11) is 0. The fourth-order valence-corrected chi connectivity index (χ4v) is 2.37. The summed E-state index contributed by atoms with van der Waals surface area (Å²) in [6, 6.07) is 11.3. The fourth-order valence-electron chi connectivity index (χ4n) is 1.75. The van der Waals surface area contributed by atoms with Gasteiger partial charge >= 0.3 is 0 Å². The number of hydrogen-bond donors (Lipinski definition) is 0. The number of anilines is 1. The number of halogens is 1. The number of carbonyl (C=O) groups is 1. The highest BCUT2D eigenvalue weighted by molar-refractivity contribution is 14.1. The van der Waals surface area contributed by atoms with Crippen molar-refractivity contribution in [3.8, 4) is 0 Å². The Kier molecular flexibility index (Phi) is 4.30. The van der Waals surface area contributed by atoms with Crippen molar-refractivity contribution in [2.45, 2.75) is 6.92 Å². The van der Waals surface area contributed by atoms with E-state index in [4.69, 9.17) is 0 Å². The average Bonchev–Trinajstić information content (AvgIpc) is 2.41. The third-order valence-corrected chi connectivity index (χ3v) is 3.58. The molecule has 2 aromatic rings. The molecule has 0 N–H and O–H groups in total. The van der Waals surface area contributed by atoms with E-state index in [1.54, 1.807) is 17.3 Å². The zero-order chi connectivity index (χ0) is 13.0. The summed E-state index contributed by atoms with van der Waals surface area (Å²) in [4.78, 5) is 18.2. The predicted molar refractivity (Wildman–Crippen MR) is 80.7 cm³/mol. The van der Waals surface area contributed by atoms with Gasteiger partial charge in [0.25, 0.3) is 5.91 Å². The molecule has 0 aliphatic rings. The minimum absolute atomic E-state index is 0.0219. The summed E-state index contributed by atoms with van der Waals surface area (Å²) in [5.74, 6) is 0.0219. The van der Waals surface area contributed by atoms with E-state index in [2.05, 4.69) is 27.6 Å². The number of nitrogens with zero attached hydrogens (tertiary/aromatic N) is 2. The van der Waals surface area contributed by atoms with Crippen LogP contribution in [0.25, 0.3) is 0 Å². The van der Waals surface area contributed by atoms with Gasteiger partial charge in [-0.15, -0.1) is 0 Å². The lowest BCUT2D eigenvalue weighted by molar-refractivity contribution is 0.0987. The summed E-state index contributed by atoms with van der Waals surface area (Å²) >= 11 is 2.18. The molecule has 1 aromatic heterocycles. The molecule has 0 unspecified atom stereocenters. The second kappa shape index (κ2) is 5.95. The maximum absolute atomic E-state index is 12.5. The van der Waals surface area contributed by atoms with Crippen molar-refractivity contribution in [3.63, 3.8) is 0 Å². The van der Waals surface area contributed by atoms with Crippen LogP contribution in [0.3, 0.4) is 0 Å². The van der Waals surface area contributed by atoms with E-state index in [0.717, 1.165) is 14.8 Å². The van der Waals surface area contributed by atoms with E-state index in [9.17, 15) is 4.79 Å². The van der Waals surface area contributed by atoms with Crippen LogP contribution in [0.1, 0.15) is 17.3 Å². The number of pyridine rings is 1. The highest BCUT2D eigenvalue weighted by Crippen LogP contribution is 2.19. The Bertz CT molecular complexity index is 543. The number of amides is 1. The minimum atomic E-state index is 0.0219. The fraction of sp³-hybridized carbons (Fsp3) is 0.143. The Morgan fingerprint density at radius 3 is 2.50 bits per heavy atom. The average molecular weight is 352 g/mol. The van der Waals surface area contributed by atoms with Crippen molar-refractivity contribution in [3.05, 3.63) is 57.9 Å². The molecule has 1 heterocycles. The van der Waals surface area contributed by atoms with Gasteiger partial charge in [0.05, 0.1) is 5.56 Å². The van der Waals surface area contributed by atoms with Crippen LogP contribution >= 0.6 is 22.6 Å². The van der Waals surface area contributed by atoms with Gasteiger partial charge in [0.2, 0.25) is 0 Å². The highest BCUT2D eigenvalue weighted by Gasteiger charge is 2.17. The van der Waals surface area contributed by atoms with E-state index >= 15 is 0 Å². The molecule has 18 heavy (non-hydrogen) atoms. The van der Waals surface area contributed by atoms with Crippen LogP contribution in [0.4, 0.5) is 5.69 Å². The van der Waals surface area contributed by atoms with Crippen LogP contribution in [0, 0.1) is 3.57 Å². The Balaban J connectivity index is 2.35. The summed E-state index contributed by atoms with van der Waals surface area (Å²) in [5.41, 5.74) is 1.61. The number of carbonyl (C=O) groups excluding carboxylic acids is 1. The van der Waals surface area contributed by atoms with Gasteiger partial charge in [-0.3, -0.25) is 9.78 Å². The third-order valence-electron chi connectivity index (χ3n) is 2.64. The van der Waals surface area contributed by atoms with Crippen LogP contribution in [-0.4, -0.2) is 17.4 Å². The maximum Gasteiger partial charge on any atom is 0.259 e. The molecule has 0 spiro atoms. The van der Waals surface area contributed by atoms with E-state index in [1.165, 1.54) is 0 Å². The van der Waals surface area contributed by atoms with Crippen molar-refractivity contribution in [2.24, 2.45) is 0 Å². The maximum atomic E-state index is 12.5. The van der Waals surface area contributed by atoms with Crippen molar-refractivity contribution in [1.29, 1.82) is 0 Å². The summed E-state index contributed by atoms with van der Waals surface area (Å²) in [6.45, 7) is 2.60. The van der Waals surface area contributed by atoms with Crippen molar-refractivity contribution < 1.29 is 4.79 Å². The molecule has 0 atom stereocenters. The van der Waals surface area contributed by atoms with Gasteiger partial charge in [0.1, 0.15) is 0 Å². The van der Waals surface area contributed by atoms with E-state index in [0.29, 0.717) is 6.54 Å². The second-order valence-corrected chi connectivity index (χ2v) is 4.90. The first-order chi connectivity index (χ1) is 8.74. The first kappa shape index (κ1) is 13.0. The van der Waals surface area contributed by atoms with Crippen LogP contribution < -0.4 is 4.90 Å². The zero-order valence-electron chi connectivity index (χ0n) is 10.0. The summed E-state index contributed by atoms with van der Waals surface area (Å²) in [5, 5.41) is 0. The molecular formula is C14H13IN2O. The van der Waals surface area contributed by atoms with Gasteiger partial charge in [-0.25, -0.2) is 0 Å². The monoisotopic (exact) mass is 352 g/mol. The van der Waals surface area contributed by atoms with E-state index in [-0.39, 0.29) is 5.91 Å². The Hall–Kier alpha value is -1.43. The minimum Gasteiger partial charge on any atom is -0.309 e. The topological polar surface area (TPSA) is 33.2 Å². The molecule has 0 bridgehead atoms. The lowest BCUT2D eigenvalue weighted by Gasteiger charge is -2.21. The summed E-state index contributed by atoms with van der Waals surface area (Å²) < 4.78 is 0.965. The molecule has 0 aliphatic carbocycles. The molecule has 1 aromatic carbocycles. The van der Waals surface area contributed by atoms with Crippen LogP contribution in [-0.2, 0) is 0 Å². The van der Waals surface area contributed by atoms with Crippen LogP contribution in [0.2, 0.25) is 0 Å². The number of rotatable bonds is 3. The molecule has 1 amide bonds. The van der Waals surface area contributed by atoms with Crippen molar-refractivity contribution in [2.75, 3.05) is 11.4 Å². The van der Waals surface area contributed by atoms with Gasteiger partial charge in [-0.1, -0.05) is 12.1 Å². The Labute approximate surface area is 120 Å². The lowest BCUT2D eigenvalue weighted by Crippen LogP contribution is -2.31. The quantitative estimate of drug-likeness (QED) is 0.794.